The molecular weight excluding hydrogens is 250 g/mol. The van der Waals surface area contributed by atoms with Gasteiger partial charge in [-0.25, -0.2) is 8.42 Å². The van der Waals surface area contributed by atoms with Crippen LogP contribution in [0.25, 0.3) is 0 Å². The molecule has 0 saturated heterocycles. The van der Waals surface area contributed by atoms with Crippen LogP contribution in [0.3, 0.4) is 0 Å². The van der Waals surface area contributed by atoms with Crippen LogP contribution in [0.2, 0.25) is 0 Å². The van der Waals surface area contributed by atoms with Crippen LogP contribution in [0.4, 0.5) is 0 Å². The zero-order valence-corrected chi connectivity index (χ0v) is 12.8. The average Bonchev–Trinajstić information content (AvgIpc) is 2.37. The molecule has 110 valence electrons. The molecular formula is C12H29N3O2S. The third-order valence-electron chi connectivity index (χ3n) is 3.37. The number of nitrogens with one attached hydrogen (secondary N) is 1. The van der Waals surface area contributed by atoms with E-state index in [2.05, 4.69) is 24.2 Å². The van der Waals surface area contributed by atoms with Crippen molar-refractivity contribution < 1.29 is 8.42 Å². The van der Waals surface area contributed by atoms with Crippen molar-refractivity contribution in [1.82, 2.24) is 10.3 Å². The maximum absolute atomic E-state index is 11.4. The fraction of sp³-hybridized carbons (Fsp3) is 1.00. The van der Waals surface area contributed by atoms with E-state index in [1.54, 1.807) is 6.92 Å². The standard InChI is InChI=1S/C12H29N3O2S/c1-4-15(5-2)10-9-12(14-13)8-7-11-18(16,17)6-3/h12,14H,4-11,13H2,1-3H3. The van der Waals surface area contributed by atoms with E-state index < -0.39 is 9.84 Å². The highest BCUT2D eigenvalue weighted by Gasteiger charge is 2.12. The molecule has 0 amide bonds. The summed E-state index contributed by atoms with van der Waals surface area (Å²) >= 11 is 0. The molecule has 0 fully saturated rings. The Morgan fingerprint density at radius 1 is 1.17 bits per heavy atom. The summed E-state index contributed by atoms with van der Waals surface area (Å²) in [6.07, 6.45) is 2.46. The zero-order valence-electron chi connectivity index (χ0n) is 12.0. The summed E-state index contributed by atoms with van der Waals surface area (Å²) in [5, 5.41) is 0. The number of hydrazine groups is 1. The lowest BCUT2D eigenvalue weighted by molar-refractivity contribution is 0.277. The second-order valence-corrected chi connectivity index (χ2v) is 7.03. The van der Waals surface area contributed by atoms with Crippen molar-refractivity contribution in [2.45, 2.75) is 46.1 Å². The van der Waals surface area contributed by atoms with Crippen molar-refractivity contribution in [2.24, 2.45) is 5.84 Å². The van der Waals surface area contributed by atoms with Gasteiger partial charge in [-0.3, -0.25) is 11.3 Å². The summed E-state index contributed by atoms with van der Waals surface area (Å²) in [6.45, 7) is 9.05. The van der Waals surface area contributed by atoms with Crippen molar-refractivity contribution >= 4 is 9.84 Å². The summed E-state index contributed by atoms with van der Waals surface area (Å²) in [7, 11) is -2.84. The smallest absolute Gasteiger partial charge is 0.150 e. The van der Waals surface area contributed by atoms with E-state index in [1.165, 1.54) is 0 Å². The lowest BCUT2D eigenvalue weighted by Crippen LogP contribution is -2.38. The topological polar surface area (TPSA) is 75.4 Å². The van der Waals surface area contributed by atoms with Crippen LogP contribution in [0.1, 0.15) is 40.0 Å². The third-order valence-corrected chi connectivity index (χ3v) is 5.16. The Hall–Kier alpha value is -0.170. The Balaban J connectivity index is 3.90. The molecule has 0 aromatic rings. The van der Waals surface area contributed by atoms with Crippen molar-refractivity contribution in [1.29, 1.82) is 0 Å². The molecule has 0 radical (unpaired) electrons. The highest BCUT2D eigenvalue weighted by atomic mass is 32.2. The van der Waals surface area contributed by atoms with Crippen LogP contribution >= 0.6 is 0 Å². The molecule has 18 heavy (non-hydrogen) atoms. The lowest BCUT2D eigenvalue weighted by Gasteiger charge is -2.22. The van der Waals surface area contributed by atoms with Gasteiger partial charge in [0.2, 0.25) is 0 Å². The van der Waals surface area contributed by atoms with Crippen molar-refractivity contribution in [3.63, 3.8) is 0 Å². The predicted molar refractivity (Wildman–Crippen MR) is 77.1 cm³/mol. The molecule has 0 aliphatic rings. The first-order chi connectivity index (χ1) is 8.49. The normalized spacial score (nSPS) is 14.1. The van der Waals surface area contributed by atoms with Crippen LogP contribution in [-0.2, 0) is 9.84 Å². The van der Waals surface area contributed by atoms with Crippen LogP contribution in [-0.4, -0.2) is 50.5 Å². The van der Waals surface area contributed by atoms with Gasteiger partial charge in [-0.15, -0.1) is 0 Å². The Kier molecular flexibility index (Phi) is 9.63. The van der Waals surface area contributed by atoms with Gasteiger partial charge < -0.3 is 4.90 Å². The van der Waals surface area contributed by atoms with Crippen LogP contribution in [0, 0.1) is 0 Å². The van der Waals surface area contributed by atoms with Crippen LogP contribution < -0.4 is 11.3 Å². The van der Waals surface area contributed by atoms with Crippen LogP contribution in [0.15, 0.2) is 0 Å². The van der Waals surface area contributed by atoms with E-state index in [9.17, 15) is 8.42 Å². The Labute approximate surface area is 112 Å². The summed E-state index contributed by atoms with van der Waals surface area (Å²) in [4.78, 5) is 2.34. The Morgan fingerprint density at radius 3 is 2.22 bits per heavy atom. The van der Waals surface area contributed by atoms with Gasteiger partial charge in [-0.1, -0.05) is 20.8 Å². The number of nitrogens with two attached hydrogens (primary N) is 1. The highest BCUT2D eigenvalue weighted by Crippen LogP contribution is 2.05. The van der Waals surface area contributed by atoms with E-state index in [0.717, 1.165) is 32.5 Å². The first-order valence-electron chi connectivity index (χ1n) is 6.87. The van der Waals surface area contributed by atoms with Gasteiger partial charge in [0, 0.05) is 11.8 Å². The fourth-order valence-electron chi connectivity index (χ4n) is 1.88. The quantitative estimate of drug-likeness (QED) is 0.431. The predicted octanol–water partition coefficient (Wildman–Crippen LogP) is 0.765. The average molecular weight is 279 g/mol. The van der Waals surface area contributed by atoms with Gasteiger partial charge in [0.15, 0.2) is 0 Å². The lowest BCUT2D eigenvalue weighted by atomic mass is 10.1. The maximum atomic E-state index is 11.4. The number of nitrogens with zero attached hydrogens (tertiary/aromatic N) is 1. The molecule has 1 atom stereocenters. The van der Waals surface area contributed by atoms with E-state index in [4.69, 9.17) is 5.84 Å². The maximum Gasteiger partial charge on any atom is 0.150 e. The molecule has 6 heteroatoms. The molecule has 0 bridgehead atoms. The summed E-state index contributed by atoms with van der Waals surface area (Å²) < 4.78 is 22.7. The highest BCUT2D eigenvalue weighted by molar-refractivity contribution is 7.91. The first-order valence-corrected chi connectivity index (χ1v) is 8.70. The SMILES string of the molecule is CCN(CC)CCC(CCCS(=O)(=O)CC)NN. The van der Waals surface area contributed by atoms with Gasteiger partial charge in [-0.2, -0.15) is 0 Å². The van der Waals surface area contributed by atoms with Gasteiger partial charge >= 0.3 is 0 Å². The Bertz CT molecular complexity index is 290. The van der Waals surface area contributed by atoms with Gasteiger partial charge in [0.25, 0.3) is 0 Å². The van der Waals surface area contributed by atoms with Crippen molar-refractivity contribution in [3.05, 3.63) is 0 Å². The minimum Gasteiger partial charge on any atom is -0.304 e. The molecule has 5 nitrogen and oxygen atoms in total. The molecule has 3 N–H and O–H groups in total. The number of hydrogen-bond donors (Lipinski definition) is 2. The summed E-state index contributed by atoms with van der Waals surface area (Å²) in [5.41, 5.74) is 2.79. The van der Waals surface area contributed by atoms with Gasteiger partial charge in [-0.05, 0) is 38.9 Å². The molecule has 0 aromatic carbocycles. The number of rotatable bonds is 11. The van der Waals surface area contributed by atoms with E-state index in [0.29, 0.717) is 6.42 Å². The molecule has 0 saturated carbocycles. The fourth-order valence-corrected chi connectivity index (χ4v) is 2.78. The molecule has 0 spiro atoms. The molecule has 0 rings (SSSR count). The molecule has 0 aliphatic heterocycles. The molecule has 0 aliphatic carbocycles. The second kappa shape index (κ2) is 9.72. The van der Waals surface area contributed by atoms with Crippen LogP contribution in [0.5, 0.6) is 0 Å². The first kappa shape index (κ1) is 17.8. The Morgan fingerprint density at radius 2 is 1.78 bits per heavy atom. The van der Waals surface area contributed by atoms with E-state index in [1.807, 2.05) is 0 Å². The van der Waals surface area contributed by atoms with Crippen molar-refractivity contribution in [3.8, 4) is 0 Å². The molecule has 1 unspecified atom stereocenters. The zero-order chi connectivity index (χ0) is 14.0. The number of sulfone groups is 1. The van der Waals surface area contributed by atoms with Crippen molar-refractivity contribution in [2.75, 3.05) is 31.1 Å². The summed E-state index contributed by atoms with van der Waals surface area (Å²) in [6, 6.07) is 0.206. The van der Waals surface area contributed by atoms with Gasteiger partial charge in [0.1, 0.15) is 9.84 Å². The van der Waals surface area contributed by atoms with Gasteiger partial charge in [0.05, 0.1) is 5.75 Å². The second-order valence-electron chi connectivity index (χ2n) is 4.56. The van der Waals surface area contributed by atoms with E-state index in [-0.39, 0.29) is 17.5 Å². The number of hydrogen-bond acceptors (Lipinski definition) is 5. The largest absolute Gasteiger partial charge is 0.304 e. The minimum absolute atomic E-state index is 0.206. The minimum atomic E-state index is -2.84. The summed E-state index contributed by atoms with van der Waals surface area (Å²) in [5.74, 6) is 6.01. The molecule has 0 aromatic heterocycles. The third kappa shape index (κ3) is 8.02. The monoisotopic (exact) mass is 279 g/mol. The molecule has 0 heterocycles. The van der Waals surface area contributed by atoms with E-state index >= 15 is 0 Å².